The first-order chi connectivity index (χ1) is 15.6. The zero-order chi connectivity index (χ0) is 24.2. The molecule has 2 aromatic carbocycles. The molecule has 0 saturated carbocycles. The Morgan fingerprint density at radius 2 is 1.82 bits per heavy atom. The summed E-state index contributed by atoms with van der Waals surface area (Å²) in [5, 5.41) is 5.86. The summed E-state index contributed by atoms with van der Waals surface area (Å²) in [5.41, 5.74) is 1.01. The Morgan fingerprint density at radius 3 is 2.48 bits per heavy atom. The second-order valence-corrected chi connectivity index (χ2v) is 9.23. The molecular formula is C21H22ClFN6O3S. The molecule has 12 heteroatoms. The van der Waals surface area contributed by atoms with Crippen LogP contribution in [0.1, 0.15) is 17.3 Å². The monoisotopic (exact) mass is 492 g/mol. The second-order valence-electron chi connectivity index (χ2n) is 7.07. The van der Waals surface area contributed by atoms with Gasteiger partial charge in [-0.2, -0.15) is 4.98 Å². The highest BCUT2D eigenvalue weighted by Crippen LogP contribution is 2.30. The average Bonchev–Trinajstić information content (AvgIpc) is 2.76. The van der Waals surface area contributed by atoms with Crippen molar-refractivity contribution in [2.45, 2.75) is 6.92 Å². The molecule has 1 heterocycles. The summed E-state index contributed by atoms with van der Waals surface area (Å²) in [7, 11) is -1.87. The maximum Gasteiger partial charge on any atom is 0.253 e. The molecule has 1 amide bonds. The molecule has 0 bridgehead atoms. The Bertz CT molecular complexity index is 1290. The largest absolute Gasteiger partial charge is 0.342 e. The summed E-state index contributed by atoms with van der Waals surface area (Å²) in [6.45, 7) is 2.34. The Hall–Kier alpha value is -3.44. The third-order valence-electron chi connectivity index (χ3n) is 4.50. The molecule has 0 aliphatic rings. The van der Waals surface area contributed by atoms with E-state index in [1.807, 2.05) is 6.92 Å². The number of anilines is 5. The van der Waals surface area contributed by atoms with Crippen LogP contribution in [-0.2, 0) is 10.0 Å². The normalized spacial score (nSPS) is 11.1. The fraction of sp³-hybridized carbons (Fsp3) is 0.190. The van der Waals surface area contributed by atoms with E-state index < -0.39 is 15.8 Å². The van der Waals surface area contributed by atoms with E-state index >= 15 is 0 Å². The van der Waals surface area contributed by atoms with Crippen molar-refractivity contribution in [1.82, 2.24) is 14.9 Å². The lowest BCUT2D eigenvalue weighted by molar-refractivity contribution is 0.0802. The number of benzene rings is 2. The van der Waals surface area contributed by atoms with Crippen molar-refractivity contribution < 1.29 is 17.6 Å². The molecule has 0 unspecified atom stereocenters. The van der Waals surface area contributed by atoms with Gasteiger partial charge in [-0.15, -0.1) is 0 Å². The molecule has 9 nitrogen and oxygen atoms in total. The van der Waals surface area contributed by atoms with E-state index in [1.165, 1.54) is 29.3 Å². The van der Waals surface area contributed by atoms with E-state index in [0.717, 1.165) is 6.26 Å². The van der Waals surface area contributed by atoms with Gasteiger partial charge in [-0.3, -0.25) is 9.52 Å². The quantitative estimate of drug-likeness (QED) is 0.431. The molecule has 0 atom stereocenters. The van der Waals surface area contributed by atoms with Gasteiger partial charge in [0.25, 0.3) is 5.91 Å². The molecule has 174 valence electrons. The Labute approximate surface area is 196 Å². The van der Waals surface area contributed by atoms with Gasteiger partial charge in [0.05, 0.1) is 29.5 Å². The summed E-state index contributed by atoms with van der Waals surface area (Å²) in [6, 6.07) is 10.5. The van der Waals surface area contributed by atoms with E-state index in [9.17, 15) is 17.6 Å². The number of nitrogens with zero attached hydrogens (tertiary/aromatic N) is 3. The lowest BCUT2D eigenvalue weighted by Crippen LogP contribution is -2.26. The SMILES string of the molecule is CCN(C)C(=O)c1ccc(F)c(Nc2ncc(Cl)c(Nc3ccccc3NS(C)(=O)=O)n2)c1. The summed E-state index contributed by atoms with van der Waals surface area (Å²) in [6.07, 6.45) is 2.35. The van der Waals surface area contributed by atoms with Gasteiger partial charge in [0, 0.05) is 19.2 Å². The number of carbonyl (C=O) groups excluding carboxylic acids is 1. The predicted octanol–water partition coefficient (Wildman–Crippen LogP) is 4.22. The first-order valence-electron chi connectivity index (χ1n) is 9.76. The number of nitrogens with one attached hydrogen (secondary N) is 3. The standard InChI is InChI=1S/C21H22ClFN6O3S/c1-4-29(2)20(30)13-9-10-15(23)18(11-13)26-21-24-12-14(22)19(27-21)25-16-7-5-6-8-17(16)28-33(3,31)32/h5-12,28H,4H2,1-3H3,(H2,24,25,26,27). The van der Waals surface area contributed by atoms with Crippen LogP contribution in [0.3, 0.4) is 0 Å². The lowest BCUT2D eigenvalue weighted by atomic mass is 10.1. The number of amides is 1. The molecule has 1 aromatic heterocycles. The average molecular weight is 493 g/mol. The van der Waals surface area contributed by atoms with Gasteiger partial charge in [-0.25, -0.2) is 17.8 Å². The minimum atomic E-state index is -3.52. The molecule has 3 aromatic rings. The van der Waals surface area contributed by atoms with Crippen LogP contribution in [0.5, 0.6) is 0 Å². The first-order valence-corrected chi connectivity index (χ1v) is 12.0. The Morgan fingerprint density at radius 1 is 1.12 bits per heavy atom. The summed E-state index contributed by atoms with van der Waals surface area (Å²) in [5.74, 6) is -0.672. The molecular weight excluding hydrogens is 471 g/mol. The van der Waals surface area contributed by atoms with Gasteiger partial charge in [0.15, 0.2) is 5.82 Å². The van der Waals surface area contributed by atoms with Crippen molar-refractivity contribution >= 4 is 56.4 Å². The molecule has 3 rings (SSSR count). The molecule has 0 aliphatic heterocycles. The fourth-order valence-corrected chi connectivity index (χ4v) is 3.48. The minimum Gasteiger partial charge on any atom is -0.342 e. The number of hydrogen-bond donors (Lipinski definition) is 3. The van der Waals surface area contributed by atoms with Crippen LogP contribution in [0.4, 0.5) is 33.2 Å². The van der Waals surface area contributed by atoms with E-state index in [2.05, 4.69) is 25.3 Å². The van der Waals surface area contributed by atoms with Crippen LogP contribution in [0, 0.1) is 5.82 Å². The number of aromatic nitrogens is 2. The second kappa shape index (κ2) is 10.0. The van der Waals surface area contributed by atoms with Crippen molar-refractivity contribution in [3.8, 4) is 0 Å². The van der Waals surface area contributed by atoms with Gasteiger partial charge in [0.1, 0.15) is 10.8 Å². The predicted molar refractivity (Wildman–Crippen MR) is 128 cm³/mol. The maximum atomic E-state index is 14.4. The molecule has 0 saturated heterocycles. The third kappa shape index (κ3) is 6.30. The van der Waals surface area contributed by atoms with Gasteiger partial charge in [-0.1, -0.05) is 23.7 Å². The number of carbonyl (C=O) groups is 1. The Kier molecular flexibility index (Phi) is 7.34. The summed E-state index contributed by atoms with van der Waals surface area (Å²) < 4.78 is 40.1. The highest BCUT2D eigenvalue weighted by Gasteiger charge is 2.15. The van der Waals surface area contributed by atoms with Crippen molar-refractivity contribution in [2.75, 3.05) is 35.2 Å². The fourth-order valence-electron chi connectivity index (χ4n) is 2.76. The summed E-state index contributed by atoms with van der Waals surface area (Å²) >= 11 is 6.21. The van der Waals surface area contributed by atoms with Crippen molar-refractivity contribution in [1.29, 1.82) is 0 Å². The highest BCUT2D eigenvalue weighted by molar-refractivity contribution is 7.92. The molecule has 0 radical (unpaired) electrons. The molecule has 0 spiro atoms. The van der Waals surface area contributed by atoms with E-state index in [4.69, 9.17) is 11.6 Å². The number of para-hydroxylation sites is 2. The van der Waals surface area contributed by atoms with E-state index in [-0.39, 0.29) is 28.4 Å². The van der Waals surface area contributed by atoms with Gasteiger partial charge in [-0.05, 0) is 37.3 Å². The smallest absolute Gasteiger partial charge is 0.253 e. The van der Waals surface area contributed by atoms with E-state index in [0.29, 0.717) is 23.5 Å². The van der Waals surface area contributed by atoms with Crippen molar-refractivity contribution in [2.24, 2.45) is 0 Å². The van der Waals surface area contributed by atoms with Crippen LogP contribution in [0.15, 0.2) is 48.7 Å². The zero-order valence-electron chi connectivity index (χ0n) is 18.1. The van der Waals surface area contributed by atoms with Crippen LogP contribution in [0.25, 0.3) is 0 Å². The molecule has 0 fully saturated rings. The number of rotatable bonds is 8. The van der Waals surface area contributed by atoms with Crippen molar-refractivity contribution in [3.05, 3.63) is 65.1 Å². The van der Waals surface area contributed by atoms with Gasteiger partial charge >= 0.3 is 0 Å². The van der Waals surface area contributed by atoms with Crippen LogP contribution in [0.2, 0.25) is 5.02 Å². The topological polar surface area (TPSA) is 116 Å². The van der Waals surface area contributed by atoms with Crippen LogP contribution >= 0.6 is 11.6 Å². The van der Waals surface area contributed by atoms with Crippen LogP contribution in [-0.4, -0.2) is 49.0 Å². The maximum absolute atomic E-state index is 14.4. The van der Waals surface area contributed by atoms with Crippen LogP contribution < -0.4 is 15.4 Å². The third-order valence-corrected chi connectivity index (χ3v) is 5.37. The highest BCUT2D eigenvalue weighted by atomic mass is 35.5. The molecule has 33 heavy (non-hydrogen) atoms. The first kappa shape index (κ1) is 24.2. The minimum absolute atomic E-state index is 0.0118. The molecule has 3 N–H and O–H groups in total. The lowest BCUT2D eigenvalue weighted by Gasteiger charge is -2.16. The molecule has 0 aliphatic carbocycles. The number of halogens is 2. The van der Waals surface area contributed by atoms with Gasteiger partial charge < -0.3 is 15.5 Å². The number of sulfonamides is 1. The Balaban J connectivity index is 1.89. The zero-order valence-corrected chi connectivity index (χ0v) is 19.6. The van der Waals surface area contributed by atoms with Gasteiger partial charge in [0.2, 0.25) is 16.0 Å². The summed E-state index contributed by atoms with van der Waals surface area (Å²) in [4.78, 5) is 22.2. The number of hydrogen-bond acceptors (Lipinski definition) is 7. The van der Waals surface area contributed by atoms with E-state index in [1.54, 1.807) is 31.3 Å². The van der Waals surface area contributed by atoms with Crippen molar-refractivity contribution in [3.63, 3.8) is 0 Å².